The molecule has 0 unspecified atom stereocenters. The Balaban J connectivity index is 1.58. The number of aryl methyl sites for hydroxylation is 1. The van der Waals surface area contributed by atoms with Crippen LogP contribution < -0.4 is 10.6 Å². The number of alkyl halides is 1. The number of anilines is 2. The first-order valence-electron chi connectivity index (χ1n) is 15.7. The second kappa shape index (κ2) is 11.6. The average molecular weight is 632 g/mol. The molecule has 2 aromatic carbocycles. The standard InChI is InChI=1S/C35H40F3N5OSi/c1-18(2)45(19(3)4,20(5)6)13-10-24-28(36)9-8-22-14-23(39)15-25(29(22)24)31-21(7)32-26(16-40-31)34(42-35(38)41-32)43-11-12-44-17-27-30(37)33(27)43/h8-9,14-16,18-20,27,30,33H,11-12,17,39H2,1-7H3/t27-,30-,33-/m0/s1. The maximum atomic E-state index is 15.8. The minimum atomic E-state index is -2.18. The van der Waals surface area contributed by atoms with Gasteiger partial charge in [-0.15, -0.1) is 5.54 Å². The van der Waals surface area contributed by atoms with Crippen LogP contribution in [0.3, 0.4) is 0 Å². The molecule has 3 heterocycles. The van der Waals surface area contributed by atoms with Gasteiger partial charge in [0.1, 0.15) is 25.9 Å². The highest BCUT2D eigenvalue weighted by Crippen LogP contribution is 2.45. The van der Waals surface area contributed by atoms with Crippen molar-refractivity contribution in [2.24, 2.45) is 5.92 Å². The van der Waals surface area contributed by atoms with Gasteiger partial charge < -0.3 is 15.4 Å². The topological polar surface area (TPSA) is 77.2 Å². The third-order valence-corrected chi connectivity index (χ3v) is 16.3. The van der Waals surface area contributed by atoms with Crippen LogP contribution >= 0.6 is 0 Å². The highest BCUT2D eigenvalue weighted by Gasteiger charge is 2.56. The number of nitrogens with two attached hydrogens (primary N) is 1. The first kappa shape index (κ1) is 31.3. The Morgan fingerprint density at radius 3 is 2.44 bits per heavy atom. The van der Waals surface area contributed by atoms with Crippen molar-refractivity contribution in [2.45, 2.75) is 77.3 Å². The number of rotatable bonds is 5. The predicted octanol–water partition coefficient (Wildman–Crippen LogP) is 7.76. The lowest BCUT2D eigenvalue weighted by atomic mass is 9.94. The molecule has 1 saturated carbocycles. The second-order valence-corrected chi connectivity index (χ2v) is 19.0. The number of aromatic nitrogens is 3. The molecule has 2 aliphatic rings. The van der Waals surface area contributed by atoms with Crippen LogP contribution in [0.5, 0.6) is 0 Å². The van der Waals surface area contributed by atoms with Gasteiger partial charge >= 0.3 is 6.08 Å². The van der Waals surface area contributed by atoms with E-state index >= 15 is 8.78 Å². The lowest BCUT2D eigenvalue weighted by Gasteiger charge is -2.38. The molecule has 0 bridgehead atoms. The van der Waals surface area contributed by atoms with Crippen LogP contribution in [0, 0.1) is 36.2 Å². The number of hydrogen-bond donors (Lipinski definition) is 1. The zero-order valence-corrected chi connectivity index (χ0v) is 27.9. The molecule has 10 heteroatoms. The van der Waals surface area contributed by atoms with Gasteiger partial charge in [-0.25, -0.2) is 13.8 Å². The van der Waals surface area contributed by atoms with Crippen molar-refractivity contribution < 1.29 is 17.9 Å². The lowest BCUT2D eigenvalue weighted by molar-refractivity contribution is 0.130. The summed E-state index contributed by atoms with van der Waals surface area (Å²) in [6.45, 7) is 16.2. The van der Waals surface area contributed by atoms with E-state index < -0.39 is 32.2 Å². The average Bonchev–Trinajstić information content (AvgIpc) is 3.67. The van der Waals surface area contributed by atoms with Gasteiger partial charge in [0.2, 0.25) is 0 Å². The third-order valence-electron chi connectivity index (χ3n) is 10.00. The van der Waals surface area contributed by atoms with Crippen LogP contribution in [0.4, 0.5) is 24.7 Å². The zero-order chi connectivity index (χ0) is 32.4. The van der Waals surface area contributed by atoms with Crippen molar-refractivity contribution >= 4 is 41.3 Å². The van der Waals surface area contributed by atoms with Crippen molar-refractivity contribution in [3.63, 3.8) is 0 Å². The van der Waals surface area contributed by atoms with Crippen LogP contribution in [-0.4, -0.2) is 55.0 Å². The van der Waals surface area contributed by atoms with Gasteiger partial charge in [-0.05, 0) is 47.1 Å². The van der Waals surface area contributed by atoms with E-state index in [1.54, 1.807) is 36.2 Å². The summed E-state index contributed by atoms with van der Waals surface area (Å²) < 4.78 is 51.1. The largest absolute Gasteiger partial charge is 0.399 e. The Morgan fingerprint density at radius 2 is 1.76 bits per heavy atom. The SMILES string of the molecule is Cc1c(-c2cc(N)cc3ccc(F)c(C#C[Si](C(C)C)(C(C)C)C(C)C)c23)ncc2c(N3CCOC[C@H]4[C@H](F)[C@H]43)nc(F)nc12. The van der Waals surface area contributed by atoms with Crippen molar-refractivity contribution in [3.05, 3.63) is 53.5 Å². The summed E-state index contributed by atoms with van der Waals surface area (Å²) in [7, 11) is -2.18. The number of halogens is 3. The molecular formula is C35H40F3N5OSi. The van der Waals surface area contributed by atoms with Gasteiger partial charge in [0.25, 0.3) is 0 Å². The molecule has 3 atom stereocenters. The van der Waals surface area contributed by atoms with Crippen molar-refractivity contribution in [1.29, 1.82) is 0 Å². The molecule has 4 aromatic rings. The summed E-state index contributed by atoms with van der Waals surface area (Å²) in [6.07, 6.45) is -0.386. The number of pyridine rings is 1. The van der Waals surface area contributed by atoms with Gasteiger partial charge in [-0.2, -0.15) is 9.37 Å². The number of fused-ring (bicyclic) bond motifs is 3. The number of hydrogen-bond acceptors (Lipinski definition) is 6. The van der Waals surface area contributed by atoms with E-state index in [0.29, 0.717) is 86.6 Å². The lowest BCUT2D eigenvalue weighted by Crippen LogP contribution is -2.43. The van der Waals surface area contributed by atoms with E-state index in [1.807, 2.05) is 0 Å². The first-order chi connectivity index (χ1) is 21.4. The molecule has 1 aliphatic carbocycles. The van der Waals surface area contributed by atoms with E-state index in [2.05, 4.69) is 63.0 Å². The number of ether oxygens (including phenoxy) is 1. The minimum absolute atomic E-state index is 0.272. The fourth-order valence-electron chi connectivity index (χ4n) is 7.73. The number of nitrogens with zero attached hydrogens (tertiary/aromatic N) is 4. The van der Waals surface area contributed by atoms with E-state index in [0.717, 1.165) is 5.39 Å². The van der Waals surface area contributed by atoms with Gasteiger partial charge in [0.15, 0.2) is 0 Å². The van der Waals surface area contributed by atoms with Gasteiger partial charge in [-0.1, -0.05) is 53.5 Å². The molecule has 6 nitrogen and oxygen atoms in total. The molecule has 2 aromatic heterocycles. The zero-order valence-electron chi connectivity index (χ0n) is 26.9. The minimum Gasteiger partial charge on any atom is -0.399 e. The Bertz CT molecular complexity index is 1850. The molecule has 2 fully saturated rings. The monoisotopic (exact) mass is 631 g/mol. The van der Waals surface area contributed by atoms with Crippen molar-refractivity contribution in [2.75, 3.05) is 30.4 Å². The summed E-state index contributed by atoms with van der Waals surface area (Å²) in [5, 5.41) is 1.85. The molecule has 6 rings (SSSR count). The van der Waals surface area contributed by atoms with Crippen LogP contribution in [0.25, 0.3) is 32.9 Å². The molecule has 236 valence electrons. The highest BCUT2D eigenvalue weighted by atomic mass is 28.3. The van der Waals surface area contributed by atoms with E-state index in [1.165, 1.54) is 6.07 Å². The summed E-state index contributed by atoms with van der Waals surface area (Å²) in [5.41, 5.74) is 14.0. The van der Waals surface area contributed by atoms with Crippen LogP contribution in [0.15, 0.2) is 30.5 Å². The summed E-state index contributed by atoms with van der Waals surface area (Å²) >= 11 is 0. The first-order valence-corrected chi connectivity index (χ1v) is 18.0. The molecule has 1 saturated heterocycles. The highest BCUT2D eigenvalue weighted by molar-refractivity contribution is 6.90. The molecule has 0 radical (unpaired) electrons. The van der Waals surface area contributed by atoms with Crippen molar-refractivity contribution in [3.8, 4) is 22.7 Å². The van der Waals surface area contributed by atoms with Gasteiger partial charge in [0.05, 0.1) is 41.4 Å². The molecule has 0 spiro atoms. The molecular weight excluding hydrogens is 591 g/mol. The second-order valence-electron chi connectivity index (χ2n) is 13.4. The third kappa shape index (κ3) is 5.14. The summed E-state index contributed by atoms with van der Waals surface area (Å²) in [6, 6.07) is 6.27. The fraction of sp³-hybridized carbons (Fsp3) is 0.457. The van der Waals surface area contributed by atoms with Crippen molar-refractivity contribution in [1.82, 2.24) is 15.0 Å². The van der Waals surface area contributed by atoms with E-state index in [-0.39, 0.29) is 5.92 Å². The fourth-order valence-corrected chi connectivity index (χ4v) is 12.9. The Kier molecular flexibility index (Phi) is 8.07. The van der Waals surface area contributed by atoms with Crippen LogP contribution in [0.1, 0.15) is 52.7 Å². The Hall–Kier alpha value is -3.68. The number of nitrogen functional groups attached to an aromatic ring is 1. The summed E-state index contributed by atoms with van der Waals surface area (Å²) in [4.78, 5) is 14.9. The Morgan fingerprint density at radius 1 is 1.04 bits per heavy atom. The smallest absolute Gasteiger partial charge is 0.311 e. The molecule has 45 heavy (non-hydrogen) atoms. The van der Waals surface area contributed by atoms with Crippen LogP contribution in [0.2, 0.25) is 16.6 Å². The maximum absolute atomic E-state index is 15.8. The van der Waals surface area contributed by atoms with Crippen LogP contribution in [-0.2, 0) is 4.74 Å². The quantitative estimate of drug-likeness (QED) is 0.105. The van der Waals surface area contributed by atoms with Gasteiger partial charge in [-0.3, -0.25) is 4.98 Å². The van der Waals surface area contributed by atoms with E-state index in [4.69, 9.17) is 15.5 Å². The molecule has 2 N–H and O–H groups in total. The normalized spacial score (nSPS) is 20.1. The summed E-state index contributed by atoms with van der Waals surface area (Å²) in [5.74, 6) is 2.94. The van der Waals surface area contributed by atoms with E-state index in [9.17, 15) is 4.39 Å². The predicted molar refractivity (Wildman–Crippen MR) is 178 cm³/mol. The maximum Gasteiger partial charge on any atom is 0.311 e. The molecule has 0 amide bonds. The Labute approximate surface area is 263 Å². The van der Waals surface area contributed by atoms with Gasteiger partial charge in [0, 0.05) is 40.9 Å². The molecule has 1 aliphatic heterocycles. The number of benzene rings is 2.